The average molecular weight is 236 g/mol. The standard InChI is InChI=1S/C11H24O3S/c1-5-15(13,14)8-6-7-11(4,12)9-10(2)3/h10,12H,5-9H2,1-4H3. The number of rotatable bonds is 7. The van der Waals surface area contributed by atoms with Crippen molar-refractivity contribution in [2.45, 2.75) is 52.6 Å². The van der Waals surface area contributed by atoms with Gasteiger partial charge in [0.2, 0.25) is 0 Å². The lowest BCUT2D eigenvalue weighted by molar-refractivity contribution is 0.0295. The average Bonchev–Trinajstić information content (AvgIpc) is 2.00. The van der Waals surface area contributed by atoms with E-state index in [-0.39, 0.29) is 11.5 Å². The van der Waals surface area contributed by atoms with E-state index in [0.29, 0.717) is 18.8 Å². The lowest BCUT2D eigenvalue weighted by Crippen LogP contribution is -2.27. The molecule has 1 atom stereocenters. The van der Waals surface area contributed by atoms with Crippen molar-refractivity contribution >= 4 is 9.84 Å². The predicted octanol–water partition coefficient (Wildman–Crippen LogP) is 2.00. The zero-order valence-electron chi connectivity index (χ0n) is 10.3. The maximum Gasteiger partial charge on any atom is 0.150 e. The summed E-state index contributed by atoms with van der Waals surface area (Å²) in [6, 6.07) is 0. The minimum atomic E-state index is -2.88. The van der Waals surface area contributed by atoms with Crippen molar-refractivity contribution in [2.24, 2.45) is 5.92 Å². The highest BCUT2D eigenvalue weighted by Crippen LogP contribution is 2.21. The van der Waals surface area contributed by atoms with Gasteiger partial charge in [-0.15, -0.1) is 0 Å². The molecule has 1 N–H and O–H groups in total. The van der Waals surface area contributed by atoms with E-state index < -0.39 is 15.4 Å². The van der Waals surface area contributed by atoms with E-state index >= 15 is 0 Å². The molecule has 0 spiro atoms. The van der Waals surface area contributed by atoms with Crippen molar-refractivity contribution in [3.8, 4) is 0 Å². The molecule has 0 aromatic carbocycles. The zero-order valence-corrected chi connectivity index (χ0v) is 11.1. The summed E-state index contributed by atoms with van der Waals surface area (Å²) in [5, 5.41) is 9.96. The summed E-state index contributed by atoms with van der Waals surface area (Å²) in [5.74, 6) is 0.819. The van der Waals surface area contributed by atoms with Crippen molar-refractivity contribution in [3.63, 3.8) is 0 Å². The monoisotopic (exact) mass is 236 g/mol. The van der Waals surface area contributed by atoms with Gasteiger partial charge in [-0.05, 0) is 32.1 Å². The van der Waals surface area contributed by atoms with Gasteiger partial charge in [-0.2, -0.15) is 0 Å². The molecule has 4 heteroatoms. The molecule has 1 unspecified atom stereocenters. The molecule has 0 bridgehead atoms. The van der Waals surface area contributed by atoms with Crippen molar-refractivity contribution in [2.75, 3.05) is 11.5 Å². The molecular formula is C11H24O3S. The van der Waals surface area contributed by atoms with Crippen LogP contribution in [0.15, 0.2) is 0 Å². The Morgan fingerprint density at radius 3 is 2.27 bits per heavy atom. The van der Waals surface area contributed by atoms with Gasteiger partial charge in [0.1, 0.15) is 9.84 Å². The molecule has 3 nitrogen and oxygen atoms in total. The molecule has 0 saturated carbocycles. The van der Waals surface area contributed by atoms with Gasteiger partial charge in [0.15, 0.2) is 0 Å². The Morgan fingerprint density at radius 2 is 1.87 bits per heavy atom. The Bertz CT molecular complexity index is 266. The SMILES string of the molecule is CCS(=O)(=O)CCCC(C)(O)CC(C)C. The number of sulfone groups is 1. The van der Waals surface area contributed by atoms with Crippen LogP contribution in [0.5, 0.6) is 0 Å². The highest BCUT2D eigenvalue weighted by atomic mass is 32.2. The molecule has 0 amide bonds. The highest BCUT2D eigenvalue weighted by molar-refractivity contribution is 7.91. The molecule has 0 saturated heterocycles. The van der Waals surface area contributed by atoms with Crippen LogP contribution in [0, 0.1) is 5.92 Å². The van der Waals surface area contributed by atoms with Crippen LogP contribution in [-0.4, -0.2) is 30.6 Å². The second-order valence-electron chi connectivity index (χ2n) is 4.93. The van der Waals surface area contributed by atoms with E-state index in [0.717, 1.165) is 6.42 Å². The van der Waals surface area contributed by atoms with E-state index in [1.165, 1.54) is 0 Å². The molecule has 0 aliphatic rings. The minimum absolute atomic E-state index is 0.192. The number of aliphatic hydroxyl groups is 1. The zero-order chi connectivity index (χ0) is 12.1. The van der Waals surface area contributed by atoms with Gasteiger partial charge in [-0.25, -0.2) is 8.42 Å². The van der Waals surface area contributed by atoms with Crippen LogP contribution in [0.1, 0.15) is 47.0 Å². The highest BCUT2D eigenvalue weighted by Gasteiger charge is 2.22. The van der Waals surface area contributed by atoms with Crippen molar-refractivity contribution < 1.29 is 13.5 Å². The number of hydrogen-bond donors (Lipinski definition) is 1. The summed E-state index contributed by atoms with van der Waals surface area (Å²) in [5.41, 5.74) is -0.725. The second-order valence-corrected chi connectivity index (χ2v) is 7.41. The minimum Gasteiger partial charge on any atom is -0.390 e. The van der Waals surface area contributed by atoms with E-state index in [1.54, 1.807) is 13.8 Å². The van der Waals surface area contributed by atoms with E-state index in [9.17, 15) is 13.5 Å². The molecular weight excluding hydrogens is 212 g/mol. The van der Waals surface area contributed by atoms with Crippen LogP contribution in [0.2, 0.25) is 0 Å². The van der Waals surface area contributed by atoms with Crippen LogP contribution in [0.3, 0.4) is 0 Å². The molecule has 0 fully saturated rings. The molecule has 0 aliphatic heterocycles. The molecule has 0 aromatic heterocycles. The molecule has 0 aliphatic carbocycles. The van der Waals surface area contributed by atoms with Gasteiger partial charge in [-0.3, -0.25) is 0 Å². The topological polar surface area (TPSA) is 54.4 Å². The van der Waals surface area contributed by atoms with Gasteiger partial charge in [0.05, 0.1) is 11.4 Å². The summed E-state index contributed by atoms with van der Waals surface area (Å²) in [6.07, 6.45) is 1.83. The third-order valence-electron chi connectivity index (χ3n) is 2.46. The van der Waals surface area contributed by atoms with Crippen LogP contribution in [0.25, 0.3) is 0 Å². The fraction of sp³-hybridized carbons (Fsp3) is 1.00. The van der Waals surface area contributed by atoms with Gasteiger partial charge in [0.25, 0.3) is 0 Å². The maximum absolute atomic E-state index is 11.2. The molecule has 0 rings (SSSR count). The first-order valence-electron chi connectivity index (χ1n) is 5.61. The first kappa shape index (κ1) is 14.9. The van der Waals surface area contributed by atoms with Crippen molar-refractivity contribution in [1.29, 1.82) is 0 Å². The summed E-state index contributed by atoms with van der Waals surface area (Å²) in [4.78, 5) is 0. The molecule has 0 radical (unpaired) electrons. The van der Waals surface area contributed by atoms with E-state index in [2.05, 4.69) is 13.8 Å². The van der Waals surface area contributed by atoms with Crippen molar-refractivity contribution in [1.82, 2.24) is 0 Å². The first-order chi connectivity index (χ1) is 6.68. The Hall–Kier alpha value is -0.0900. The maximum atomic E-state index is 11.2. The normalized spacial score (nSPS) is 16.7. The molecule has 92 valence electrons. The Morgan fingerprint density at radius 1 is 1.33 bits per heavy atom. The third-order valence-corrected chi connectivity index (χ3v) is 4.25. The van der Waals surface area contributed by atoms with Crippen LogP contribution < -0.4 is 0 Å². The summed E-state index contributed by atoms with van der Waals surface area (Å²) < 4.78 is 22.5. The first-order valence-corrected chi connectivity index (χ1v) is 7.43. The van der Waals surface area contributed by atoms with E-state index in [1.807, 2.05) is 0 Å². The summed E-state index contributed by atoms with van der Waals surface area (Å²) >= 11 is 0. The van der Waals surface area contributed by atoms with Gasteiger partial charge >= 0.3 is 0 Å². The third kappa shape index (κ3) is 7.79. The summed E-state index contributed by atoms with van der Waals surface area (Å²) in [6.45, 7) is 7.54. The van der Waals surface area contributed by atoms with Crippen LogP contribution in [0.4, 0.5) is 0 Å². The predicted molar refractivity (Wildman–Crippen MR) is 63.6 cm³/mol. The second kappa shape index (κ2) is 5.85. The molecule has 0 heterocycles. The van der Waals surface area contributed by atoms with Gasteiger partial charge in [-0.1, -0.05) is 20.8 Å². The van der Waals surface area contributed by atoms with Crippen molar-refractivity contribution in [3.05, 3.63) is 0 Å². The quantitative estimate of drug-likeness (QED) is 0.735. The molecule has 0 aromatic rings. The summed E-state index contributed by atoms with van der Waals surface area (Å²) in [7, 11) is -2.88. The lowest BCUT2D eigenvalue weighted by atomic mass is 9.90. The Labute approximate surface area is 93.8 Å². The fourth-order valence-corrected chi connectivity index (χ4v) is 2.67. The van der Waals surface area contributed by atoms with Gasteiger partial charge in [0, 0.05) is 5.75 Å². The Balaban J connectivity index is 3.95. The van der Waals surface area contributed by atoms with Crippen LogP contribution >= 0.6 is 0 Å². The molecule has 15 heavy (non-hydrogen) atoms. The Kier molecular flexibility index (Phi) is 5.81. The van der Waals surface area contributed by atoms with E-state index in [4.69, 9.17) is 0 Å². The fourth-order valence-electron chi connectivity index (χ4n) is 1.80. The lowest BCUT2D eigenvalue weighted by Gasteiger charge is -2.25. The van der Waals surface area contributed by atoms with Crippen LogP contribution in [-0.2, 0) is 9.84 Å². The van der Waals surface area contributed by atoms with Gasteiger partial charge < -0.3 is 5.11 Å². The number of hydrogen-bond acceptors (Lipinski definition) is 3. The largest absolute Gasteiger partial charge is 0.390 e. The smallest absolute Gasteiger partial charge is 0.150 e.